The minimum atomic E-state index is -0.250. The van der Waals surface area contributed by atoms with Gasteiger partial charge in [-0.15, -0.1) is 0 Å². The maximum Gasteiger partial charge on any atom is 0.290 e. The molecule has 0 saturated carbocycles. The van der Waals surface area contributed by atoms with Crippen molar-refractivity contribution >= 4 is 23.4 Å². The Kier molecular flexibility index (Phi) is 5.05. The van der Waals surface area contributed by atoms with Gasteiger partial charge < -0.3 is 20.0 Å². The predicted octanol–water partition coefficient (Wildman–Crippen LogP) is 1.82. The first-order valence-corrected chi connectivity index (χ1v) is 9.34. The SMILES string of the molecule is Cc1nc2ccc(C(=O)N3Cc4[nH]cnc4C(c4cnn(C)c4)C3)cc2[nH]1.O=CO. The monoisotopic (exact) mass is 407 g/mol. The molecule has 3 N–H and O–H groups in total. The zero-order valence-electron chi connectivity index (χ0n) is 16.5. The van der Waals surface area contributed by atoms with Crippen LogP contribution >= 0.6 is 0 Å². The Morgan fingerprint density at radius 2 is 2.17 bits per heavy atom. The van der Waals surface area contributed by atoms with Gasteiger partial charge in [-0.1, -0.05) is 0 Å². The van der Waals surface area contributed by atoms with Crippen LogP contribution in [0.4, 0.5) is 0 Å². The standard InChI is InChI=1S/C19H19N7O.CH2O2/c1-11-23-15-4-3-12(5-16(15)24-11)19(27)26-8-14(13-6-22-25(2)7-13)18-17(9-26)20-10-21-18;2-1-3/h3-7,10,14H,8-9H2,1-2H3,(H,20,21)(H,23,24);1H,(H,2,3). The lowest BCUT2D eigenvalue weighted by Crippen LogP contribution is -2.38. The molecule has 5 rings (SSSR count). The van der Waals surface area contributed by atoms with Gasteiger partial charge in [-0.25, -0.2) is 9.97 Å². The zero-order chi connectivity index (χ0) is 21.3. The fraction of sp³-hybridized carbons (Fsp3) is 0.250. The van der Waals surface area contributed by atoms with E-state index in [1.54, 1.807) is 11.0 Å². The highest BCUT2D eigenvalue weighted by molar-refractivity contribution is 5.97. The molecule has 0 radical (unpaired) electrons. The van der Waals surface area contributed by atoms with Crippen molar-refractivity contribution in [3.8, 4) is 0 Å². The van der Waals surface area contributed by atoms with Crippen LogP contribution in [0.2, 0.25) is 0 Å². The number of hydrogen-bond donors (Lipinski definition) is 3. The summed E-state index contributed by atoms with van der Waals surface area (Å²) in [7, 11) is 1.89. The van der Waals surface area contributed by atoms with Crippen LogP contribution in [0.5, 0.6) is 0 Å². The van der Waals surface area contributed by atoms with E-state index in [4.69, 9.17) is 9.90 Å². The fourth-order valence-corrected chi connectivity index (χ4v) is 3.81. The summed E-state index contributed by atoms with van der Waals surface area (Å²) in [5.41, 5.74) is 5.42. The van der Waals surface area contributed by atoms with Crippen LogP contribution in [0.1, 0.15) is 39.1 Å². The molecule has 1 amide bonds. The molecule has 154 valence electrons. The third kappa shape index (κ3) is 3.54. The van der Waals surface area contributed by atoms with E-state index in [0.717, 1.165) is 33.8 Å². The van der Waals surface area contributed by atoms with E-state index in [-0.39, 0.29) is 18.3 Å². The van der Waals surface area contributed by atoms with Crippen molar-refractivity contribution in [2.24, 2.45) is 7.05 Å². The summed E-state index contributed by atoms with van der Waals surface area (Å²) in [5, 5.41) is 11.2. The molecule has 1 aliphatic rings. The van der Waals surface area contributed by atoms with Gasteiger partial charge in [-0.2, -0.15) is 5.10 Å². The molecule has 0 aliphatic carbocycles. The van der Waals surface area contributed by atoms with Crippen LogP contribution in [0.3, 0.4) is 0 Å². The first-order chi connectivity index (χ1) is 14.5. The average molecular weight is 407 g/mol. The third-order valence-electron chi connectivity index (χ3n) is 5.10. The van der Waals surface area contributed by atoms with Crippen molar-refractivity contribution in [2.75, 3.05) is 6.54 Å². The van der Waals surface area contributed by atoms with Gasteiger partial charge in [0.25, 0.3) is 12.4 Å². The number of aryl methyl sites for hydroxylation is 2. The van der Waals surface area contributed by atoms with E-state index in [9.17, 15) is 4.79 Å². The molecule has 1 atom stereocenters. The fourth-order valence-electron chi connectivity index (χ4n) is 3.81. The molecule has 10 heteroatoms. The van der Waals surface area contributed by atoms with E-state index in [1.165, 1.54) is 0 Å². The number of benzene rings is 1. The number of aromatic nitrogens is 6. The Morgan fingerprint density at radius 1 is 1.37 bits per heavy atom. The normalized spacial score (nSPS) is 15.4. The smallest absolute Gasteiger partial charge is 0.290 e. The number of carboxylic acid groups (broad SMARTS) is 1. The quantitative estimate of drug-likeness (QED) is 0.434. The number of nitrogens with zero attached hydrogens (tertiary/aromatic N) is 5. The summed E-state index contributed by atoms with van der Waals surface area (Å²) in [6.45, 7) is 2.75. The van der Waals surface area contributed by atoms with Gasteiger partial charge in [0.05, 0.1) is 41.5 Å². The second kappa shape index (κ2) is 7.82. The Bertz CT molecular complexity index is 1210. The van der Waals surface area contributed by atoms with E-state index in [1.807, 2.05) is 49.5 Å². The number of fused-ring (bicyclic) bond motifs is 2. The van der Waals surface area contributed by atoms with Crippen LogP contribution in [-0.4, -0.2) is 58.6 Å². The van der Waals surface area contributed by atoms with Crippen molar-refractivity contribution in [3.63, 3.8) is 0 Å². The Balaban J connectivity index is 0.000000687. The lowest BCUT2D eigenvalue weighted by atomic mass is 9.92. The molecule has 4 aromatic rings. The van der Waals surface area contributed by atoms with Gasteiger partial charge in [-0.3, -0.25) is 14.3 Å². The number of aromatic amines is 2. The van der Waals surface area contributed by atoms with Crippen LogP contribution in [0.15, 0.2) is 36.9 Å². The summed E-state index contributed by atoms with van der Waals surface area (Å²) in [4.78, 5) is 38.7. The number of nitrogens with one attached hydrogen (secondary N) is 2. The van der Waals surface area contributed by atoms with Gasteiger partial charge in [0.2, 0.25) is 0 Å². The molecule has 0 fully saturated rings. The molecule has 1 unspecified atom stereocenters. The van der Waals surface area contributed by atoms with Crippen LogP contribution in [0, 0.1) is 6.92 Å². The topological polar surface area (TPSA) is 133 Å². The number of amides is 1. The Labute approximate surface area is 171 Å². The maximum absolute atomic E-state index is 13.2. The molecular formula is C20H21N7O3. The molecule has 30 heavy (non-hydrogen) atoms. The molecule has 1 aromatic carbocycles. The second-order valence-electron chi connectivity index (χ2n) is 7.11. The molecule has 10 nitrogen and oxygen atoms in total. The first-order valence-electron chi connectivity index (χ1n) is 9.34. The number of carbonyl (C=O) groups excluding carboxylic acids is 1. The summed E-state index contributed by atoms with van der Waals surface area (Å²) in [6.07, 6.45) is 5.52. The van der Waals surface area contributed by atoms with E-state index < -0.39 is 0 Å². The highest BCUT2D eigenvalue weighted by Crippen LogP contribution is 2.32. The van der Waals surface area contributed by atoms with Crippen molar-refractivity contribution in [2.45, 2.75) is 19.4 Å². The average Bonchev–Trinajstić information content (AvgIpc) is 3.45. The van der Waals surface area contributed by atoms with Gasteiger partial charge in [0.1, 0.15) is 5.82 Å². The summed E-state index contributed by atoms with van der Waals surface area (Å²) >= 11 is 0. The first kappa shape index (κ1) is 19.4. The number of hydrogen-bond acceptors (Lipinski definition) is 5. The highest BCUT2D eigenvalue weighted by atomic mass is 16.3. The lowest BCUT2D eigenvalue weighted by molar-refractivity contribution is -0.122. The van der Waals surface area contributed by atoms with Crippen LogP contribution in [0.25, 0.3) is 11.0 Å². The summed E-state index contributed by atoms with van der Waals surface area (Å²) in [6, 6.07) is 5.60. The van der Waals surface area contributed by atoms with E-state index >= 15 is 0 Å². The van der Waals surface area contributed by atoms with Crippen molar-refractivity contribution in [1.29, 1.82) is 0 Å². The second-order valence-corrected chi connectivity index (χ2v) is 7.11. The third-order valence-corrected chi connectivity index (χ3v) is 5.10. The zero-order valence-corrected chi connectivity index (χ0v) is 16.5. The maximum atomic E-state index is 13.2. The molecule has 3 aromatic heterocycles. The predicted molar refractivity (Wildman–Crippen MR) is 108 cm³/mol. The lowest BCUT2D eigenvalue weighted by Gasteiger charge is -2.31. The molecule has 0 saturated heterocycles. The van der Waals surface area contributed by atoms with E-state index in [2.05, 4.69) is 25.0 Å². The van der Waals surface area contributed by atoms with Gasteiger partial charge in [-0.05, 0) is 25.1 Å². The van der Waals surface area contributed by atoms with Gasteiger partial charge in [0, 0.05) is 36.8 Å². The molecule has 4 heterocycles. The minimum Gasteiger partial charge on any atom is -0.483 e. The van der Waals surface area contributed by atoms with Gasteiger partial charge in [0.15, 0.2) is 0 Å². The molecule has 0 bridgehead atoms. The summed E-state index contributed by atoms with van der Waals surface area (Å²) < 4.78 is 1.77. The Hall–Kier alpha value is -3.95. The minimum absolute atomic E-state index is 0.00158. The number of rotatable bonds is 2. The number of carbonyl (C=O) groups is 2. The van der Waals surface area contributed by atoms with E-state index in [0.29, 0.717) is 18.7 Å². The number of imidazole rings is 2. The van der Waals surface area contributed by atoms with Gasteiger partial charge >= 0.3 is 0 Å². The summed E-state index contributed by atoms with van der Waals surface area (Å²) in [5.74, 6) is 0.848. The van der Waals surface area contributed by atoms with Crippen LogP contribution in [-0.2, 0) is 18.4 Å². The van der Waals surface area contributed by atoms with Crippen molar-refractivity contribution < 1.29 is 14.7 Å². The number of H-pyrrole nitrogens is 2. The Morgan fingerprint density at radius 3 is 2.90 bits per heavy atom. The van der Waals surface area contributed by atoms with Crippen molar-refractivity contribution in [1.82, 2.24) is 34.6 Å². The molecule has 1 aliphatic heterocycles. The highest BCUT2D eigenvalue weighted by Gasteiger charge is 2.32. The molecule has 0 spiro atoms. The molecular weight excluding hydrogens is 386 g/mol. The van der Waals surface area contributed by atoms with Crippen LogP contribution < -0.4 is 0 Å². The largest absolute Gasteiger partial charge is 0.483 e. The van der Waals surface area contributed by atoms with Crippen molar-refractivity contribution in [3.05, 3.63) is 65.3 Å².